The van der Waals surface area contributed by atoms with E-state index in [2.05, 4.69) is 9.88 Å². The molecule has 1 heterocycles. The number of rotatable bonds is 4. The molecule has 0 aliphatic heterocycles. The summed E-state index contributed by atoms with van der Waals surface area (Å²) in [6.45, 7) is 0.783. The zero-order chi connectivity index (χ0) is 11.4. The van der Waals surface area contributed by atoms with Crippen LogP contribution in [0.1, 0.15) is 25.7 Å². The van der Waals surface area contributed by atoms with Crippen LogP contribution in [0.4, 0.5) is 10.2 Å². The summed E-state index contributed by atoms with van der Waals surface area (Å²) in [6.07, 6.45) is 6.19. The maximum atomic E-state index is 12.8. The molecule has 0 radical (unpaired) electrons. The van der Waals surface area contributed by atoms with Gasteiger partial charge in [-0.25, -0.2) is 9.37 Å². The van der Waals surface area contributed by atoms with E-state index in [0.717, 1.165) is 12.4 Å². The second-order valence-corrected chi connectivity index (χ2v) is 4.53. The van der Waals surface area contributed by atoms with Crippen LogP contribution in [0, 0.1) is 5.82 Å². The molecular formula is C12H16ClFN2. The molecular weight excluding hydrogens is 227 g/mol. The lowest BCUT2D eigenvalue weighted by atomic mass is 10.2. The minimum Gasteiger partial charge on any atom is -0.352 e. The summed E-state index contributed by atoms with van der Waals surface area (Å²) < 4.78 is 12.8. The summed E-state index contributed by atoms with van der Waals surface area (Å²) in [4.78, 5) is 6.34. The van der Waals surface area contributed by atoms with E-state index in [1.165, 1.54) is 37.9 Å². The Kier molecular flexibility index (Phi) is 3.99. The summed E-state index contributed by atoms with van der Waals surface area (Å²) in [6, 6.07) is 3.72. The quantitative estimate of drug-likeness (QED) is 0.754. The fourth-order valence-corrected chi connectivity index (χ4v) is 2.51. The molecule has 0 N–H and O–H groups in total. The van der Waals surface area contributed by atoms with Crippen molar-refractivity contribution in [3.63, 3.8) is 0 Å². The molecule has 0 spiro atoms. The fourth-order valence-electron chi connectivity index (χ4n) is 2.33. The number of hydrogen-bond acceptors (Lipinski definition) is 2. The van der Waals surface area contributed by atoms with Crippen molar-refractivity contribution in [1.29, 1.82) is 0 Å². The van der Waals surface area contributed by atoms with Gasteiger partial charge in [-0.2, -0.15) is 0 Å². The smallest absolute Gasteiger partial charge is 0.141 e. The number of aromatic nitrogens is 1. The summed E-state index contributed by atoms with van der Waals surface area (Å²) in [5, 5.41) is 0. The van der Waals surface area contributed by atoms with Crippen molar-refractivity contribution < 1.29 is 4.39 Å². The predicted octanol–water partition coefficient (Wildman–Crippen LogP) is 3.21. The van der Waals surface area contributed by atoms with Gasteiger partial charge >= 0.3 is 0 Å². The van der Waals surface area contributed by atoms with Crippen molar-refractivity contribution in [1.82, 2.24) is 4.98 Å². The Labute approximate surface area is 100 Å². The van der Waals surface area contributed by atoms with Crippen LogP contribution in [-0.2, 0) is 0 Å². The lowest BCUT2D eigenvalue weighted by Gasteiger charge is -2.29. The molecule has 0 unspecified atom stereocenters. The molecule has 2 rings (SSSR count). The van der Waals surface area contributed by atoms with Crippen LogP contribution in [0.2, 0.25) is 0 Å². The first-order chi connectivity index (χ1) is 7.81. The van der Waals surface area contributed by atoms with Crippen molar-refractivity contribution >= 4 is 17.4 Å². The van der Waals surface area contributed by atoms with Crippen LogP contribution in [0.25, 0.3) is 0 Å². The molecule has 1 saturated carbocycles. The molecule has 1 aromatic heterocycles. The van der Waals surface area contributed by atoms with Crippen LogP contribution >= 0.6 is 11.6 Å². The van der Waals surface area contributed by atoms with Gasteiger partial charge in [-0.15, -0.1) is 11.6 Å². The van der Waals surface area contributed by atoms with Gasteiger partial charge < -0.3 is 4.90 Å². The zero-order valence-electron chi connectivity index (χ0n) is 9.20. The Bertz CT molecular complexity index is 322. The average molecular weight is 243 g/mol. The third-order valence-corrected chi connectivity index (χ3v) is 3.27. The summed E-state index contributed by atoms with van der Waals surface area (Å²) in [7, 11) is 0. The maximum absolute atomic E-state index is 12.8. The number of hydrogen-bond donors (Lipinski definition) is 0. The molecule has 88 valence electrons. The van der Waals surface area contributed by atoms with Crippen molar-refractivity contribution in [2.24, 2.45) is 0 Å². The largest absolute Gasteiger partial charge is 0.352 e. The van der Waals surface area contributed by atoms with Gasteiger partial charge in [0.05, 0.1) is 6.20 Å². The van der Waals surface area contributed by atoms with Crippen molar-refractivity contribution in [2.75, 3.05) is 17.3 Å². The topological polar surface area (TPSA) is 16.1 Å². The molecule has 1 aliphatic carbocycles. The van der Waals surface area contributed by atoms with E-state index in [-0.39, 0.29) is 5.82 Å². The fraction of sp³-hybridized carbons (Fsp3) is 0.583. The lowest BCUT2D eigenvalue weighted by Crippen LogP contribution is -2.35. The minimum absolute atomic E-state index is 0.291. The van der Waals surface area contributed by atoms with E-state index >= 15 is 0 Å². The van der Waals surface area contributed by atoms with Gasteiger partial charge in [-0.05, 0) is 25.0 Å². The molecule has 0 saturated heterocycles. The van der Waals surface area contributed by atoms with Crippen LogP contribution in [-0.4, -0.2) is 23.5 Å². The highest BCUT2D eigenvalue weighted by Crippen LogP contribution is 2.26. The minimum atomic E-state index is -0.291. The van der Waals surface area contributed by atoms with Crippen molar-refractivity contribution in [3.8, 4) is 0 Å². The van der Waals surface area contributed by atoms with E-state index in [4.69, 9.17) is 11.6 Å². The summed E-state index contributed by atoms with van der Waals surface area (Å²) >= 11 is 5.81. The normalized spacial score (nSPS) is 16.6. The number of nitrogens with zero attached hydrogens (tertiary/aromatic N) is 2. The van der Waals surface area contributed by atoms with Crippen molar-refractivity contribution in [2.45, 2.75) is 31.7 Å². The number of pyridine rings is 1. The number of alkyl halides is 1. The van der Waals surface area contributed by atoms with Crippen LogP contribution in [0.15, 0.2) is 18.3 Å². The first-order valence-electron chi connectivity index (χ1n) is 5.75. The van der Waals surface area contributed by atoms with Crippen LogP contribution in [0.5, 0.6) is 0 Å². The Hall–Kier alpha value is -0.830. The highest BCUT2D eigenvalue weighted by Gasteiger charge is 2.23. The van der Waals surface area contributed by atoms with E-state index in [0.29, 0.717) is 11.9 Å². The maximum Gasteiger partial charge on any atom is 0.141 e. The Morgan fingerprint density at radius 2 is 2.12 bits per heavy atom. The van der Waals surface area contributed by atoms with Crippen molar-refractivity contribution in [3.05, 3.63) is 24.1 Å². The van der Waals surface area contributed by atoms with Gasteiger partial charge in [0.15, 0.2) is 0 Å². The number of halogens is 2. The van der Waals surface area contributed by atoms with Gasteiger partial charge in [-0.1, -0.05) is 12.8 Å². The molecule has 0 bridgehead atoms. The Morgan fingerprint density at radius 3 is 2.69 bits per heavy atom. The van der Waals surface area contributed by atoms with Crippen LogP contribution < -0.4 is 4.90 Å². The lowest BCUT2D eigenvalue weighted by molar-refractivity contribution is 0.601. The third kappa shape index (κ3) is 2.64. The molecule has 16 heavy (non-hydrogen) atoms. The molecule has 1 aliphatic rings. The van der Waals surface area contributed by atoms with E-state index in [1.807, 2.05) is 0 Å². The molecule has 1 fully saturated rings. The van der Waals surface area contributed by atoms with Crippen LogP contribution in [0.3, 0.4) is 0 Å². The first-order valence-corrected chi connectivity index (χ1v) is 6.29. The predicted molar refractivity (Wildman–Crippen MR) is 64.5 cm³/mol. The van der Waals surface area contributed by atoms with Gasteiger partial charge in [0.2, 0.25) is 0 Å². The summed E-state index contributed by atoms with van der Waals surface area (Å²) in [5.74, 6) is 1.13. The molecule has 0 amide bonds. The molecule has 0 atom stereocenters. The number of anilines is 1. The van der Waals surface area contributed by atoms with Gasteiger partial charge in [0, 0.05) is 18.5 Å². The summed E-state index contributed by atoms with van der Waals surface area (Å²) in [5.41, 5.74) is 0. The van der Waals surface area contributed by atoms with Gasteiger partial charge in [0.1, 0.15) is 11.6 Å². The Morgan fingerprint density at radius 1 is 1.38 bits per heavy atom. The van der Waals surface area contributed by atoms with E-state index in [1.54, 1.807) is 6.07 Å². The average Bonchev–Trinajstić information content (AvgIpc) is 2.81. The molecule has 2 nitrogen and oxygen atoms in total. The molecule has 4 heteroatoms. The van der Waals surface area contributed by atoms with Gasteiger partial charge in [0.25, 0.3) is 0 Å². The zero-order valence-corrected chi connectivity index (χ0v) is 9.96. The monoisotopic (exact) mass is 242 g/mol. The third-order valence-electron chi connectivity index (χ3n) is 3.10. The second-order valence-electron chi connectivity index (χ2n) is 4.16. The highest BCUT2D eigenvalue weighted by atomic mass is 35.5. The second kappa shape index (κ2) is 5.48. The van der Waals surface area contributed by atoms with Gasteiger partial charge in [-0.3, -0.25) is 0 Å². The SMILES string of the molecule is Fc1ccc(N(CCCl)C2CCCC2)nc1. The Balaban J connectivity index is 2.14. The molecule has 0 aromatic carbocycles. The first kappa shape index (κ1) is 11.6. The van der Waals surface area contributed by atoms with E-state index < -0.39 is 0 Å². The standard InChI is InChI=1S/C12H16ClFN2/c13-7-8-16(11-3-1-2-4-11)12-6-5-10(14)9-15-12/h5-6,9,11H,1-4,7-8H2. The molecule has 1 aromatic rings. The highest BCUT2D eigenvalue weighted by molar-refractivity contribution is 6.18. The van der Waals surface area contributed by atoms with E-state index in [9.17, 15) is 4.39 Å².